The van der Waals surface area contributed by atoms with E-state index in [0.717, 1.165) is 38.5 Å². The molecule has 2 unspecified atom stereocenters. The van der Waals surface area contributed by atoms with Gasteiger partial charge in [-0.2, -0.15) is 0 Å². The highest BCUT2D eigenvalue weighted by Gasteiger charge is 2.18. The van der Waals surface area contributed by atoms with Crippen molar-refractivity contribution in [3.8, 4) is 0 Å². The molecule has 0 aliphatic carbocycles. The van der Waals surface area contributed by atoms with E-state index >= 15 is 0 Å². The SMILES string of the molecule is CCCCCCCCCCC/C=C/C(O)C(CO)NC(=O)CCCCCCCCCC/C=C\CCCCCCCCCCCCCCOC(=O)CCCCCCCCCCCCCCCCCCCC. The Balaban J connectivity index is 3.37. The third-order valence-electron chi connectivity index (χ3n) is 14.7. The van der Waals surface area contributed by atoms with E-state index in [4.69, 9.17) is 4.74 Å². The molecule has 0 rings (SSSR count). The van der Waals surface area contributed by atoms with Gasteiger partial charge >= 0.3 is 5.97 Å². The van der Waals surface area contributed by atoms with Crippen molar-refractivity contribution < 1.29 is 24.5 Å². The van der Waals surface area contributed by atoms with Crippen LogP contribution in [0.5, 0.6) is 0 Å². The minimum Gasteiger partial charge on any atom is -0.466 e. The lowest BCUT2D eigenvalue weighted by Gasteiger charge is -2.20. The second-order valence-corrected chi connectivity index (χ2v) is 21.7. The van der Waals surface area contributed by atoms with E-state index in [1.807, 2.05) is 6.08 Å². The first kappa shape index (κ1) is 68.3. The van der Waals surface area contributed by atoms with Gasteiger partial charge in [0.25, 0.3) is 0 Å². The molecule has 0 fully saturated rings. The molecule has 0 spiro atoms. The molecule has 70 heavy (non-hydrogen) atoms. The summed E-state index contributed by atoms with van der Waals surface area (Å²) in [4.78, 5) is 24.5. The van der Waals surface area contributed by atoms with Gasteiger partial charge in [0.2, 0.25) is 5.91 Å². The predicted octanol–water partition coefficient (Wildman–Crippen LogP) is 19.8. The molecule has 414 valence electrons. The largest absolute Gasteiger partial charge is 0.466 e. The van der Waals surface area contributed by atoms with Crippen LogP contribution < -0.4 is 5.32 Å². The van der Waals surface area contributed by atoms with Crippen LogP contribution >= 0.6 is 0 Å². The molecular formula is C64H123NO5. The number of hydrogen-bond acceptors (Lipinski definition) is 5. The summed E-state index contributed by atoms with van der Waals surface area (Å²) in [6, 6.07) is -0.629. The van der Waals surface area contributed by atoms with Crippen LogP contribution in [0.2, 0.25) is 0 Å². The molecule has 0 aromatic carbocycles. The zero-order chi connectivity index (χ0) is 50.7. The zero-order valence-electron chi connectivity index (χ0n) is 47.3. The molecule has 0 saturated heterocycles. The Morgan fingerprint density at radius 1 is 0.386 bits per heavy atom. The third kappa shape index (κ3) is 55.7. The predicted molar refractivity (Wildman–Crippen MR) is 306 cm³/mol. The first-order valence-electron chi connectivity index (χ1n) is 31.6. The first-order valence-corrected chi connectivity index (χ1v) is 31.6. The molecule has 6 heteroatoms. The van der Waals surface area contributed by atoms with Crippen LogP contribution in [-0.4, -0.2) is 47.4 Å². The second kappa shape index (κ2) is 59.9. The summed E-state index contributed by atoms with van der Waals surface area (Å²) < 4.78 is 5.50. The van der Waals surface area contributed by atoms with Crippen molar-refractivity contribution in [1.29, 1.82) is 0 Å². The molecule has 0 radical (unpaired) electrons. The molecule has 0 aromatic heterocycles. The molecule has 0 aliphatic heterocycles. The number of rotatable bonds is 59. The van der Waals surface area contributed by atoms with Gasteiger partial charge in [0, 0.05) is 12.8 Å². The van der Waals surface area contributed by atoms with E-state index in [2.05, 4.69) is 31.3 Å². The van der Waals surface area contributed by atoms with E-state index in [9.17, 15) is 19.8 Å². The zero-order valence-corrected chi connectivity index (χ0v) is 47.3. The maximum atomic E-state index is 12.4. The van der Waals surface area contributed by atoms with Crippen LogP contribution in [-0.2, 0) is 14.3 Å². The summed E-state index contributed by atoms with van der Waals surface area (Å²) in [5.41, 5.74) is 0. The van der Waals surface area contributed by atoms with Crippen LogP contribution in [0.1, 0.15) is 348 Å². The number of carbonyl (C=O) groups excluding carboxylic acids is 2. The van der Waals surface area contributed by atoms with Crippen molar-refractivity contribution in [2.24, 2.45) is 0 Å². The minimum atomic E-state index is -0.845. The number of nitrogens with one attached hydrogen (secondary N) is 1. The lowest BCUT2D eigenvalue weighted by molar-refractivity contribution is -0.143. The van der Waals surface area contributed by atoms with Crippen molar-refractivity contribution >= 4 is 11.9 Å². The summed E-state index contributed by atoms with van der Waals surface area (Å²) >= 11 is 0. The summed E-state index contributed by atoms with van der Waals surface area (Å²) in [6.45, 7) is 4.91. The Kier molecular flexibility index (Phi) is 58.5. The molecule has 0 saturated carbocycles. The van der Waals surface area contributed by atoms with E-state index in [1.54, 1.807) is 6.08 Å². The number of allylic oxidation sites excluding steroid dienone is 3. The molecule has 0 heterocycles. The van der Waals surface area contributed by atoms with Crippen molar-refractivity contribution in [2.45, 2.75) is 360 Å². The number of unbranched alkanes of at least 4 members (excludes halogenated alkanes) is 46. The average molecular weight is 987 g/mol. The number of aliphatic hydroxyl groups excluding tert-OH is 2. The number of carbonyl (C=O) groups is 2. The smallest absolute Gasteiger partial charge is 0.305 e. The van der Waals surface area contributed by atoms with Gasteiger partial charge in [-0.05, 0) is 57.8 Å². The monoisotopic (exact) mass is 986 g/mol. The Morgan fingerprint density at radius 3 is 1.01 bits per heavy atom. The van der Waals surface area contributed by atoms with Crippen LogP contribution in [0.4, 0.5) is 0 Å². The highest BCUT2D eigenvalue weighted by molar-refractivity contribution is 5.76. The van der Waals surface area contributed by atoms with Crippen molar-refractivity contribution in [1.82, 2.24) is 5.32 Å². The standard InChI is InChI=1S/C64H123NO5/c1-3-5-7-9-11-13-15-16-17-18-28-31-34-38-42-46-50-54-58-64(69)70-59-55-51-47-43-39-35-32-29-26-24-22-20-19-21-23-25-27-30-33-37-41-45-49-53-57-63(68)65-61(60-66)62(67)56-52-48-44-40-36-14-12-10-8-6-4-2/h21,23,52,56,61-62,66-67H,3-20,22,24-51,53-55,57-60H2,1-2H3,(H,65,68)/b23-21-,56-52+. The Morgan fingerprint density at radius 2 is 0.671 bits per heavy atom. The molecule has 2 atom stereocenters. The van der Waals surface area contributed by atoms with Crippen molar-refractivity contribution in [2.75, 3.05) is 13.2 Å². The van der Waals surface area contributed by atoms with Gasteiger partial charge in [0.05, 0.1) is 25.4 Å². The molecule has 3 N–H and O–H groups in total. The fourth-order valence-electron chi connectivity index (χ4n) is 9.87. The molecule has 0 aromatic rings. The van der Waals surface area contributed by atoms with E-state index in [1.165, 1.54) is 283 Å². The lowest BCUT2D eigenvalue weighted by Crippen LogP contribution is -2.45. The summed E-state index contributed by atoms with van der Waals surface area (Å²) in [6.07, 6.45) is 73.7. The van der Waals surface area contributed by atoms with Crippen LogP contribution in [0.15, 0.2) is 24.3 Å². The molecular weight excluding hydrogens is 863 g/mol. The van der Waals surface area contributed by atoms with E-state index in [0.29, 0.717) is 19.4 Å². The molecule has 0 aliphatic rings. The minimum absolute atomic E-state index is 0.0167. The maximum absolute atomic E-state index is 12.4. The number of esters is 1. The number of hydrogen-bond donors (Lipinski definition) is 3. The molecule has 1 amide bonds. The summed E-state index contributed by atoms with van der Waals surface area (Å²) in [5, 5.41) is 23.0. The highest BCUT2D eigenvalue weighted by atomic mass is 16.5. The van der Waals surface area contributed by atoms with Crippen LogP contribution in [0.25, 0.3) is 0 Å². The quantitative estimate of drug-likeness (QED) is 0.0321. The fourth-order valence-corrected chi connectivity index (χ4v) is 9.87. The van der Waals surface area contributed by atoms with E-state index in [-0.39, 0.29) is 18.5 Å². The van der Waals surface area contributed by atoms with Crippen molar-refractivity contribution in [3.05, 3.63) is 24.3 Å². The third-order valence-corrected chi connectivity index (χ3v) is 14.7. The summed E-state index contributed by atoms with van der Waals surface area (Å²) in [7, 11) is 0. The number of amides is 1. The van der Waals surface area contributed by atoms with Gasteiger partial charge < -0.3 is 20.3 Å². The molecule has 6 nitrogen and oxygen atoms in total. The summed E-state index contributed by atoms with van der Waals surface area (Å²) in [5.74, 6) is -0.0562. The Bertz CT molecular complexity index is 1090. The number of aliphatic hydroxyl groups is 2. The highest BCUT2D eigenvalue weighted by Crippen LogP contribution is 2.17. The molecule has 0 bridgehead atoms. The van der Waals surface area contributed by atoms with Gasteiger partial charge in [-0.3, -0.25) is 9.59 Å². The first-order chi connectivity index (χ1) is 34.5. The average Bonchev–Trinajstić information content (AvgIpc) is 3.36. The van der Waals surface area contributed by atoms with Crippen LogP contribution in [0.3, 0.4) is 0 Å². The van der Waals surface area contributed by atoms with Gasteiger partial charge in [-0.1, -0.05) is 301 Å². The van der Waals surface area contributed by atoms with Gasteiger partial charge in [-0.15, -0.1) is 0 Å². The fraction of sp³-hybridized carbons (Fsp3) is 0.906. The van der Waals surface area contributed by atoms with Crippen molar-refractivity contribution in [3.63, 3.8) is 0 Å². The van der Waals surface area contributed by atoms with Gasteiger partial charge in [0.15, 0.2) is 0 Å². The number of ether oxygens (including phenoxy) is 1. The van der Waals surface area contributed by atoms with E-state index < -0.39 is 12.1 Å². The normalized spacial score (nSPS) is 12.7. The second-order valence-electron chi connectivity index (χ2n) is 21.7. The van der Waals surface area contributed by atoms with Gasteiger partial charge in [-0.25, -0.2) is 0 Å². The lowest BCUT2D eigenvalue weighted by atomic mass is 10.0. The Hall–Kier alpha value is -1.66. The van der Waals surface area contributed by atoms with Gasteiger partial charge in [0.1, 0.15) is 0 Å². The maximum Gasteiger partial charge on any atom is 0.305 e. The van der Waals surface area contributed by atoms with Crippen LogP contribution in [0, 0.1) is 0 Å². The topological polar surface area (TPSA) is 95.9 Å². The Labute approximate surface area is 437 Å².